The summed E-state index contributed by atoms with van der Waals surface area (Å²) in [6.07, 6.45) is 2.10. The standard InChI is InChI=1S/C15H13ClN6O3S/c1-25-13-9(3-2-6-17)8-18-15(19-13)22-26(23,24)14-11-5-4-10(16)7-12(11)20-21-14/h4-5,7-8H,2-3H2,1H3,(H,20,21)(H,18,19,22). The van der Waals surface area contributed by atoms with Crippen LogP contribution in [-0.2, 0) is 16.4 Å². The van der Waals surface area contributed by atoms with Crippen LogP contribution in [0.25, 0.3) is 10.9 Å². The lowest BCUT2D eigenvalue weighted by molar-refractivity contribution is 0.392. The van der Waals surface area contributed by atoms with Gasteiger partial charge in [0.25, 0.3) is 10.0 Å². The van der Waals surface area contributed by atoms with E-state index in [4.69, 9.17) is 21.6 Å². The predicted molar refractivity (Wildman–Crippen MR) is 94.4 cm³/mol. The highest BCUT2D eigenvalue weighted by Gasteiger charge is 2.22. The molecule has 11 heteroatoms. The number of nitrogens with zero attached hydrogens (tertiary/aromatic N) is 4. The molecule has 0 aliphatic carbocycles. The first kappa shape index (κ1) is 17.9. The van der Waals surface area contributed by atoms with Crippen molar-refractivity contribution in [2.45, 2.75) is 17.9 Å². The molecule has 0 bridgehead atoms. The summed E-state index contributed by atoms with van der Waals surface area (Å²) < 4.78 is 32.7. The molecule has 0 radical (unpaired) electrons. The number of anilines is 1. The van der Waals surface area contributed by atoms with Crippen molar-refractivity contribution in [2.24, 2.45) is 0 Å². The van der Waals surface area contributed by atoms with Gasteiger partial charge < -0.3 is 4.74 Å². The normalized spacial score (nSPS) is 11.3. The van der Waals surface area contributed by atoms with E-state index in [0.29, 0.717) is 27.9 Å². The molecular weight excluding hydrogens is 380 g/mol. The number of nitrogens with one attached hydrogen (secondary N) is 2. The Morgan fingerprint density at radius 1 is 1.42 bits per heavy atom. The molecule has 0 spiro atoms. The van der Waals surface area contributed by atoms with E-state index >= 15 is 0 Å². The van der Waals surface area contributed by atoms with Crippen molar-refractivity contribution in [2.75, 3.05) is 11.8 Å². The summed E-state index contributed by atoms with van der Waals surface area (Å²) in [6, 6.07) is 6.70. The van der Waals surface area contributed by atoms with Gasteiger partial charge in [0.1, 0.15) is 0 Å². The molecule has 0 aliphatic rings. The minimum Gasteiger partial charge on any atom is -0.481 e. The molecule has 3 aromatic rings. The highest BCUT2D eigenvalue weighted by atomic mass is 35.5. The van der Waals surface area contributed by atoms with Crippen molar-refractivity contribution in [3.05, 3.63) is 35.0 Å². The molecule has 2 heterocycles. The molecule has 3 rings (SSSR count). The number of sulfonamides is 1. The van der Waals surface area contributed by atoms with E-state index in [1.54, 1.807) is 18.2 Å². The predicted octanol–water partition coefficient (Wildman–Crippen LogP) is 2.27. The molecule has 0 atom stereocenters. The minimum absolute atomic E-state index is 0.125. The second kappa shape index (κ2) is 7.15. The summed E-state index contributed by atoms with van der Waals surface area (Å²) in [6.45, 7) is 0. The molecule has 0 fully saturated rings. The third-order valence-corrected chi connectivity index (χ3v) is 5.04. The third-order valence-electron chi connectivity index (χ3n) is 3.50. The lowest BCUT2D eigenvalue weighted by Gasteiger charge is -2.09. The van der Waals surface area contributed by atoms with Crippen LogP contribution < -0.4 is 9.46 Å². The van der Waals surface area contributed by atoms with E-state index in [0.717, 1.165) is 0 Å². The Hall–Kier alpha value is -2.90. The molecule has 26 heavy (non-hydrogen) atoms. The van der Waals surface area contributed by atoms with Crippen molar-refractivity contribution in [1.29, 1.82) is 5.26 Å². The quantitative estimate of drug-likeness (QED) is 0.657. The third kappa shape index (κ3) is 3.54. The average Bonchev–Trinajstić information content (AvgIpc) is 3.04. The zero-order valence-corrected chi connectivity index (χ0v) is 15.1. The number of hydrogen-bond donors (Lipinski definition) is 2. The Kier molecular flexibility index (Phi) is 4.92. The van der Waals surface area contributed by atoms with E-state index in [-0.39, 0.29) is 23.3 Å². The first-order valence-electron chi connectivity index (χ1n) is 7.38. The Labute approximate surface area is 154 Å². The van der Waals surface area contributed by atoms with Gasteiger partial charge in [-0.15, -0.1) is 0 Å². The number of benzene rings is 1. The Balaban J connectivity index is 1.93. The van der Waals surface area contributed by atoms with Crippen molar-refractivity contribution in [1.82, 2.24) is 20.2 Å². The van der Waals surface area contributed by atoms with Crippen LogP contribution in [0.3, 0.4) is 0 Å². The smallest absolute Gasteiger partial charge is 0.281 e. The molecule has 134 valence electrons. The monoisotopic (exact) mass is 392 g/mol. The van der Waals surface area contributed by atoms with E-state index in [1.165, 1.54) is 13.3 Å². The van der Waals surface area contributed by atoms with Crippen LogP contribution in [0, 0.1) is 11.3 Å². The lowest BCUT2D eigenvalue weighted by Crippen LogP contribution is -2.16. The van der Waals surface area contributed by atoms with Gasteiger partial charge >= 0.3 is 0 Å². The number of rotatable bonds is 6. The summed E-state index contributed by atoms with van der Waals surface area (Å²) >= 11 is 5.88. The summed E-state index contributed by atoms with van der Waals surface area (Å²) in [4.78, 5) is 8.03. The van der Waals surface area contributed by atoms with Gasteiger partial charge in [-0.2, -0.15) is 23.8 Å². The average molecular weight is 393 g/mol. The molecule has 2 N–H and O–H groups in total. The number of fused-ring (bicyclic) bond motifs is 1. The maximum absolute atomic E-state index is 12.6. The van der Waals surface area contributed by atoms with Crippen molar-refractivity contribution < 1.29 is 13.2 Å². The molecule has 0 aliphatic heterocycles. The van der Waals surface area contributed by atoms with Gasteiger partial charge in [-0.05, 0) is 24.6 Å². The molecule has 9 nitrogen and oxygen atoms in total. The lowest BCUT2D eigenvalue weighted by atomic mass is 10.2. The fourth-order valence-corrected chi connectivity index (χ4v) is 3.55. The maximum atomic E-state index is 12.6. The minimum atomic E-state index is -4.01. The number of methoxy groups -OCH3 is 1. The molecule has 0 saturated heterocycles. The number of aromatic amines is 1. The zero-order valence-electron chi connectivity index (χ0n) is 13.5. The molecule has 0 unspecified atom stereocenters. The van der Waals surface area contributed by atoms with Crippen LogP contribution in [0.4, 0.5) is 5.95 Å². The summed E-state index contributed by atoms with van der Waals surface area (Å²) in [5, 5.41) is 15.8. The molecular formula is C15H13ClN6O3S. The Morgan fingerprint density at radius 3 is 2.96 bits per heavy atom. The van der Waals surface area contributed by atoms with E-state index < -0.39 is 10.0 Å². The summed E-state index contributed by atoms with van der Waals surface area (Å²) in [5.41, 5.74) is 1.03. The van der Waals surface area contributed by atoms with Gasteiger partial charge in [-0.3, -0.25) is 5.10 Å². The van der Waals surface area contributed by atoms with Gasteiger partial charge in [0, 0.05) is 28.6 Å². The van der Waals surface area contributed by atoms with E-state index in [9.17, 15) is 8.42 Å². The highest BCUT2D eigenvalue weighted by molar-refractivity contribution is 7.92. The fraction of sp³-hybridized carbons (Fsp3) is 0.200. The number of nitriles is 1. The zero-order chi connectivity index (χ0) is 18.7. The van der Waals surface area contributed by atoms with E-state index in [2.05, 4.69) is 24.9 Å². The number of halogens is 1. The first-order chi connectivity index (χ1) is 12.4. The molecule has 0 amide bonds. The van der Waals surface area contributed by atoms with Gasteiger partial charge in [-0.1, -0.05) is 11.6 Å². The molecule has 1 aromatic carbocycles. The van der Waals surface area contributed by atoms with Crippen LogP contribution in [-0.4, -0.2) is 35.7 Å². The van der Waals surface area contributed by atoms with Crippen LogP contribution in [0.2, 0.25) is 5.02 Å². The van der Waals surface area contributed by atoms with Crippen LogP contribution >= 0.6 is 11.6 Å². The van der Waals surface area contributed by atoms with Crippen LogP contribution in [0.1, 0.15) is 12.0 Å². The number of ether oxygens (including phenoxy) is 1. The number of hydrogen-bond acceptors (Lipinski definition) is 7. The number of H-pyrrole nitrogens is 1. The van der Waals surface area contributed by atoms with Gasteiger partial charge in [0.05, 0.1) is 18.7 Å². The molecule has 0 saturated carbocycles. The number of aromatic nitrogens is 4. The Morgan fingerprint density at radius 2 is 2.23 bits per heavy atom. The topological polar surface area (TPSA) is 134 Å². The van der Waals surface area contributed by atoms with Gasteiger partial charge in [-0.25, -0.2) is 9.71 Å². The number of aryl methyl sites for hydroxylation is 1. The van der Waals surface area contributed by atoms with Crippen molar-refractivity contribution >= 4 is 38.5 Å². The summed E-state index contributed by atoms with van der Waals surface area (Å²) in [5.74, 6) is 0.0495. The second-order valence-corrected chi connectivity index (χ2v) is 7.26. The maximum Gasteiger partial charge on any atom is 0.281 e. The molecule has 2 aromatic heterocycles. The largest absolute Gasteiger partial charge is 0.481 e. The Bertz CT molecular complexity index is 1110. The van der Waals surface area contributed by atoms with Crippen molar-refractivity contribution in [3.8, 4) is 11.9 Å². The highest BCUT2D eigenvalue weighted by Crippen LogP contribution is 2.25. The van der Waals surface area contributed by atoms with Gasteiger partial charge in [0.2, 0.25) is 11.8 Å². The van der Waals surface area contributed by atoms with Crippen molar-refractivity contribution in [3.63, 3.8) is 0 Å². The van der Waals surface area contributed by atoms with Crippen LogP contribution in [0.5, 0.6) is 5.88 Å². The summed E-state index contributed by atoms with van der Waals surface area (Å²) in [7, 11) is -2.60. The van der Waals surface area contributed by atoms with Crippen LogP contribution in [0.15, 0.2) is 29.4 Å². The fourth-order valence-electron chi connectivity index (χ4n) is 2.32. The second-order valence-electron chi connectivity index (χ2n) is 5.21. The van der Waals surface area contributed by atoms with E-state index in [1.807, 2.05) is 6.07 Å². The first-order valence-corrected chi connectivity index (χ1v) is 9.24. The van der Waals surface area contributed by atoms with Gasteiger partial charge in [0.15, 0.2) is 5.03 Å². The SMILES string of the molecule is COc1nc(NS(=O)(=O)c2[nH]nc3cc(Cl)ccc23)ncc1CCC#N.